The van der Waals surface area contributed by atoms with Crippen molar-refractivity contribution >= 4 is 5.69 Å². The van der Waals surface area contributed by atoms with Crippen LogP contribution in [0.25, 0.3) is 0 Å². The van der Waals surface area contributed by atoms with Gasteiger partial charge in [-0.3, -0.25) is 0 Å². The van der Waals surface area contributed by atoms with Gasteiger partial charge in [0, 0.05) is 5.69 Å². The average Bonchev–Trinajstić information content (AvgIpc) is 2.51. The van der Waals surface area contributed by atoms with Crippen molar-refractivity contribution in [3.63, 3.8) is 0 Å². The lowest BCUT2D eigenvalue weighted by molar-refractivity contribution is 0.534. The molecule has 100 valence electrons. The van der Waals surface area contributed by atoms with E-state index in [-0.39, 0.29) is 0 Å². The first-order valence-corrected chi connectivity index (χ1v) is 7.13. The molecule has 0 saturated heterocycles. The van der Waals surface area contributed by atoms with Crippen LogP contribution in [0.2, 0.25) is 0 Å². The molecule has 0 fully saturated rings. The molecule has 2 heteroatoms. The number of fused-ring (bicyclic) bond motifs is 1. The summed E-state index contributed by atoms with van der Waals surface area (Å²) in [5, 5.41) is 12.6. The van der Waals surface area contributed by atoms with Crippen LogP contribution in [0.1, 0.15) is 48.4 Å². The molecule has 2 nitrogen and oxygen atoms in total. The predicted octanol–water partition coefficient (Wildman–Crippen LogP) is 4.61. The topological polar surface area (TPSA) is 35.8 Å². The second-order valence-corrected chi connectivity index (χ2v) is 5.50. The van der Waals surface area contributed by atoms with Crippen LogP contribution in [-0.4, -0.2) is 0 Å². The Hall–Kier alpha value is -2.27. The van der Waals surface area contributed by atoms with Crippen molar-refractivity contribution in [3.05, 3.63) is 65.2 Å². The van der Waals surface area contributed by atoms with Crippen molar-refractivity contribution in [1.29, 1.82) is 5.26 Å². The molecule has 1 aliphatic rings. The fourth-order valence-corrected chi connectivity index (χ4v) is 3.03. The Morgan fingerprint density at radius 1 is 1.05 bits per heavy atom. The first kappa shape index (κ1) is 12.7. The monoisotopic (exact) mass is 262 g/mol. The summed E-state index contributed by atoms with van der Waals surface area (Å²) in [4.78, 5) is 0. The summed E-state index contributed by atoms with van der Waals surface area (Å²) in [6, 6.07) is 18.9. The SMILES string of the molecule is CC1CCC(Nc2cccc(C#N)c2)c2ccccc21. The Balaban J connectivity index is 1.89. The number of hydrogen-bond donors (Lipinski definition) is 1. The Bertz CT molecular complexity index is 654. The fraction of sp³-hybridized carbons (Fsp3) is 0.278. The summed E-state index contributed by atoms with van der Waals surface area (Å²) in [5.74, 6) is 0.634. The minimum Gasteiger partial charge on any atom is -0.378 e. The number of rotatable bonds is 2. The van der Waals surface area contributed by atoms with Crippen LogP contribution in [0.15, 0.2) is 48.5 Å². The van der Waals surface area contributed by atoms with Gasteiger partial charge >= 0.3 is 0 Å². The molecule has 0 bridgehead atoms. The summed E-state index contributed by atoms with van der Waals surface area (Å²) >= 11 is 0. The summed E-state index contributed by atoms with van der Waals surface area (Å²) in [5.41, 5.74) is 4.58. The van der Waals surface area contributed by atoms with Crippen molar-refractivity contribution in [2.45, 2.75) is 31.7 Å². The highest BCUT2D eigenvalue weighted by molar-refractivity contribution is 5.52. The lowest BCUT2D eigenvalue weighted by Crippen LogP contribution is -2.19. The molecule has 0 radical (unpaired) electrons. The molecule has 0 amide bonds. The zero-order chi connectivity index (χ0) is 13.9. The van der Waals surface area contributed by atoms with Crippen molar-refractivity contribution in [3.8, 4) is 6.07 Å². The van der Waals surface area contributed by atoms with Crippen LogP contribution in [0.3, 0.4) is 0 Å². The lowest BCUT2D eigenvalue weighted by atomic mass is 9.81. The van der Waals surface area contributed by atoms with Gasteiger partial charge in [-0.15, -0.1) is 0 Å². The summed E-state index contributed by atoms with van der Waals surface area (Å²) in [6.45, 7) is 2.30. The molecule has 2 unspecified atom stereocenters. The van der Waals surface area contributed by atoms with Gasteiger partial charge in [0.15, 0.2) is 0 Å². The molecule has 2 aromatic carbocycles. The van der Waals surface area contributed by atoms with Gasteiger partial charge in [-0.1, -0.05) is 37.3 Å². The molecule has 0 aliphatic heterocycles. The standard InChI is InChI=1S/C18H18N2/c1-13-9-10-18(17-8-3-2-7-16(13)17)20-15-6-4-5-14(11-15)12-19/h2-8,11,13,18,20H,9-10H2,1H3. The van der Waals surface area contributed by atoms with Gasteiger partial charge in [0.25, 0.3) is 0 Å². The van der Waals surface area contributed by atoms with Crippen LogP contribution in [-0.2, 0) is 0 Å². The lowest BCUT2D eigenvalue weighted by Gasteiger charge is -2.31. The van der Waals surface area contributed by atoms with E-state index in [9.17, 15) is 0 Å². The molecule has 20 heavy (non-hydrogen) atoms. The van der Waals surface area contributed by atoms with Crippen LogP contribution in [0.5, 0.6) is 0 Å². The zero-order valence-corrected chi connectivity index (χ0v) is 11.6. The van der Waals surface area contributed by atoms with E-state index in [1.165, 1.54) is 17.5 Å². The third-order valence-corrected chi connectivity index (χ3v) is 4.12. The van der Waals surface area contributed by atoms with Gasteiger partial charge in [-0.05, 0) is 48.1 Å². The normalized spacial score (nSPS) is 20.8. The maximum absolute atomic E-state index is 8.98. The van der Waals surface area contributed by atoms with E-state index in [1.54, 1.807) is 0 Å². The second-order valence-electron chi connectivity index (χ2n) is 5.50. The summed E-state index contributed by atoms with van der Waals surface area (Å²) < 4.78 is 0. The fourth-order valence-electron chi connectivity index (χ4n) is 3.03. The zero-order valence-electron chi connectivity index (χ0n) is 11.6. The molecule has 1 aliphatic carbocycles. The van der Waals surface area contributed by atoms with E-state index < -0.39 is 0 Å². The Kier molecular flexibility index (Phi) is 3.43. The molecule has 0 heterocycles. The van der Waals surface area contributed by atoms with Gasteiger partial charge in [0.1, 0.15) is 0 Å². The van der Waals surface area contributed by atoms with Crippen molar-refractivity contribution in [1.82, 2.24) is 0 Å². The number of nitrogens with one attached hydrogen (secondary N) is 1. The van der Waals surface area contributed by atoms with Crippen LogP contribution in [0.4, 0.5) is 5.69 Å². The number of benzene rings is 2. The van der Waals surface area contributed by atoms with Crippen LogP contribution >= 0.6 is 0 Å². The van der Waals surface area contributed by atoms with E-state index in [2.05, 4.69) is 42.6 Å². The van der Waals surface area contributed by atoms with Gasteiger partial charge in [-0.2, -0.15) is 5.26 Å². The van der Waals surface area contributed by atoms with Crippen LogP contribution in [0, 0.1) is 11.3 Å². The van der Waals surface area contributed by atoms with Crippen molar-refractivity contribution in [2.75, 3.05) is 5.32 Å². The quantitative estimate of drug-likeness (QED) is 0.858. The average molecular weight is 262 g/mol. The Labute approximate surface area is 120 Å². The Morgan fingerprint density at radius 2 is 1.85 bits per heavy atom. The van der Waals surface area contributed by atoms with Crippen molar-refractivity contribution < 1.29 is 0 Å². The van der Waals surface area contributed by atoms with E-state index in [0.29, 0.717) is 17.5 Å². The van der Waals surface area contributed by atoms with Crippen molar-refractivity contribution in [2.24, 2.45) is 0 Å². The van der Waals surface area contributed by atoms with Gasteiger partial charge in [0.05, 0.1) is 17.7 Å². The number of anilines is 1. The minimum absolute atomic E-state index is 0.344. The Morgan fingerprint density at radius 3 is 2.65 bits per heavy atom. The van der Waals surface area contributed by atoms with Gasteiger partial charge < -0.3 is 5.32 Å². The molecule has 0 saturated carbocycles. The van der Waals surface area contributed by atoms with Gasteiger partial charge in [-0.25, -0.2) is 0 Å². The molecule has 3 rings (SSSR count). The maximum Gasteiger partial charge on any atom is 0.0992 e. The smallest absolute Gasteiger partial charge is 0.0992 e. The first-order valence-electron chi connectivity index (χ1n) is 7.13. The van der Waals surface area contributed by atoms with Crippen LogP contribution < -0.4 is 5.32 Å². The molecule has 0 spiro atoms. The second kappa shape index (κ2) is 5.38. The number of hydrogen-bond acceptors (Lipinski definition) is 2. The highest BCUT2D eigenvalue weighted by Crippen LogP contribution is 2.38. The number of nitrogens with zero attached hydrogens (tertiary/aromatic N) is 1. The third-order valence-electron chi connectivity index (χ3n) is 4.12. The predicted molar refractivity (Wildman–Crippen MR) is 81.6 cm³/mol. The summed E-state index contributed by atoms with van der Waals surface area (Å²) in [7, 11) is 0. The molecule has 1 N–H and O–H groups in total. The molecule has 2 aromatic rings. The third kappa shape index (κ3) is 2.40. The number of nitriles is 1. The maximum atomic E-state index is 8.98. The minimum atomic E-state index is 0.344. The van der Waals surface area contributed by atoms with E-state index in [0.717, 1.165) is 12.1 Å². The van der Waals surface area contributed by atoms with E-state index >= 15 is 0 Å². The van der Waals surface area contributed by atoms with E-state index in [1.807, 2.05) is 24.3 Å². The molecular weight excluding hydrogens is 244 g/mol. The summed E-state index contributed by atoms with van der Waals surface area (Å²) in [6.07, 6.45) is 2.33. The highest BCUT2D eigenvalue weighted by Gasteiger charge is 2.24. The molecular formula is C18H18N2. The first-order chi connectivity index (χ1) is 9.78. The molecule has 0 aromatic heterocycles. The molecule has 2 atom stereocenters. The highest BCUT2D eigenvalue weighted by atomic mass is 14.9. The largest absolute Gasteiger partial charge is 0.378 e. The van der Waals surface area contributed by atoms with Gasteiger partial charge in [0.2, 0.25) is 0 Å². The van der Waals surface area contributed by atoms with E-state index in [4.69, 9.17) is 5.26 Å².